The van der Waals surface area contributed by atoms with Gasteiger partial charge < -0.3 is 18.9 Å². The number of morpholine rings is 1. The van der Waals surface area contributed by atoms with E-state index in [2.05, 4.69) is 19.9 Å². The normalized spacial score (nSPS) is 14.6. The zero-order valence-electron chi connectivity index (χ0n) is 18.7. The van der Waals surface area contributed by atoms with Crippen LogP contribution in [0.5, 0.6) is 23.1 Å². The number of thiazole rings is 1. The van der Waals surface area contributed by atoms with Crippen molar-refractivity contribution in [3.05, 3.63) is 41.7 Å². The minimum atomic E-state index is 0.462. The number of nitrogens with zero attached hydrogens (tertiary/aromatic N) is 4. The van der Waals surface area contributed by atoms with Crippen molar-refractivity contribution < 1.29 is 18.9 Å². The average Bonchev–Trinajstić information content (AvgIpc) is 3.21. The van der Waals surface area contributed by atoms with Crippen LogP contribution in [0.2, 0.25) is 0 Å². The van der Waals surface area contributed by atoms with Crippen LogP contribution in [-0.4, -0.2) is 66.4 Å². The van der Waals surface area contributed by atoms with Gasteiger partial charge in [0, 0.05) is 31.8 Å². The van der Waals surface area contributed by atoms with Gasteiger partial charge in [0.25, 0.3) is 0 Å². The monoisotopic (exact) mass is 466 g/mol. The molecular formula is C24H26N4O4S. The van der Waals surface area contributed by atoms with Crippen molar-refractivity contribution in [3.8, 4) is 23.1 Å². The van der Waals surface area contributed by atoms with Gasteiger partial charge in [-0.25, -0.2) is 15.0 Å². The summed E-state index contributed by atoms with van der Waals surface area (Å²) in [5, 5.41) is 1.78. The van der Waals surface area contributed by atoms with Gasteiger partial charge in [-0.15, -0.1) is 11.3 Å². The molecule has 2 aromatic heterocycles. The van der Waals surface area contributed by atoms with Crippen LogP contribution in [0.1, 0.15) is 11.4 Å². The summed E-state index contributed by atoms with van der Waals surface area (Å²) in [6, 6.07) is 9.62. The molecule has 2 aromatic carbocycles. The van der Waals surface area contributed by atoms with Crippen LogP contribution >= 0.6 is 11.3 Å². The van der Waals surface area contributed by atoms with Gasteiger partial charge in [0.15, 0.2) is 11.5 Å². The zero-order valence-corrected chi connectivity index (χ0v) is 19.6. The van der Waals surface area contributed by atoms with Crippen molar-refractivity contribution in [2.24, 2.45) is 0 Å². The molecule has 0 atom stereocenters. The third kappa shape index (κ3) is 5.00. The molecule has 0 saturated carbocycles. The summed E-state index contributed by atoms with van der Waals surface area (Å²) in [5.74, 6) is 2.42. The first-order valence-electron chi connectivity index (χ1n) is 11.0. The number of rotatable bonds is 8. The second-order valence-electron chi connectivity index (χ2n) is 7.82. The van der Waals surface area contributed by atoms with E-state index in [0.29, 0.717) is 29.7 Å². The molecule has 8 nitrogen and oxygen atoms in total. The van der Waals surface area contributed by atoms with E-state index in [0.717, 1.165) is 65.4 Å². The number of benzene rings is 2. The Bertz CT molecular complexity index is 1260. The van der Waals surface area contributed by atoms with Crippen molar-refractivity contribution in [2.75, 3.05) is 46.6 Å². The van der Waals surface area contributed by atoms with Crippen LogP contribution in [0.15, 0.2) is 36.7 Å². The lowest BCUT2D eigenvalue weighted by Gasteiger charge is -2.26. The summed E-state index contributed by atoms with van der Waals surface area (Å²) in [6.45, 7) is 7.16. The first-order chi connectivity index (χ1) is 16.2. The van der Waals surface area contributed by atoms with Gasteiger partial charge >= 0.3 is 0 Å². The van der Waals surface area contributed by atoms with Gasteiger partial charge in [-0.1, -0.05) is 0 Å². The smallest absolute Gasteiger partial charge is 0.230 e. The number of hydrogen-bond acceptors (Lipinski definition) is 9. The fourth-order valence-corrected chi connectivity index (χ4v) is 4.69. The standard InChI is InChI=1S/C24H26N4O4S/c1-16-27-20-12-17(4-5-23(20)33-16)32-24-18-13-21(29-2)22(14-19(18)25-15-26-24)31-9-3-6-28-7-10-30-11-8-28/h4-5,12-15H,3,6-11H2,1-2H3. The molecule has 0 unspecified atom stereocenters. The topological polar surface area (TPSA) is 78.8 Å². The van der Waals surface area contributed by atoms with E-state index in [9.17, 15) is 0 Å². The molecule has 1 aliphatic heterocycles. The Kier molecular flexibility index (Phi) is 6.52. The fourth-order valence-electron chi connectivity index (χ4n) is 3.89. The third-order valence-electron chi connectivity index (χ3n) is 5.54. The van der Waals surface area contributed by atoms with Gasteiger partial charge in [-0.2, -0.15) is 0 Å². The van der Waals surface area contributed by atoms with Gasteiger partial charge in [0.2, 0.25) is 5.88 Å². The third-order valence-corrected chi connectivity index (χ3v) is 6.50. The molecule has 1 saturated heterocycles. The summed E-state index contributed by atoms with van der Waals surface area (Å²) in [7, 11) is 1.63. The summed E-state index contributed by atoms with van der Waals surface area (Å²) in [4.78, 5) is 15.7. The van der Waals surface area contributed by atoms with E-state index in [4.69, 9.17) is 18.9 Å². The highest BCUT2D eigenvalue weighted by Gasteiger charge is 2.14. The number of ether oxygens (including phenoxy) is 4. The Morgan fingerprint density at radius 3 is 2.79 bits per heavy atom. The van der Waals surface area contributed by atoms with Gasteiger partial charge in [0.1, 0.15) is 12.1 Å². The van der Waals surface area contributed by atoms with Crippen LogP contribution in [0.3, 0.4) is 0 Å². The summed E-state index contributed by atoms with van der Waals surface area (Å²) < 4.78 is 24.3. The van der Waals surface area contributed by atoms with Crippen molar-refractivity contribution in [1.29, 1.82) is 0 Å². The summed E-state index contributed by atoms with van der Waals surface area (Å²) >= 11 is 1.66. The van der Waals surface area contributed by atoms with Gasteiger partial charge in [-0.3, -0.25) is 4.90 Å². The van der Waals surface area contributed by atoms with E-state index in [1.54, 1.807) is 18.4 Å². The molecule has 0 bridgehead atoms. The van der Waals surface area contributed by atoms with Crippen LogP contribution in [-0.2, 0) is 4.74 Å². The molecule has 9 heteroatoms. The summed E-state index contributed by atoms with van der Waals surface area (Å²) in [5.41, 5.74) is 1.65. The maximum Gasteiger partial charge on any atom is 0.230 e. The van der Waals surface area contributed by atoms with Crippen molar-refractivity contribution in [1.82, 2.24) is 19.9 Å². The zero-order chi connectivity index (χ0) is 22.6. The lowest BCUT2D eigenvalue weighted by atomic mass is 10.2. The minimum absolute atomic E-state index is 0.462. The van der Waals surface area contributed by atoms with Crippen LogP contribution in [0.25, 0.3) is 21.1 Å². The highest BCUT2D eigenvalue weighted by Crippen LogP contribution is 2.36. The van der Waals surface area contributed by atoms with E-state index < -0.39 is 0 Å². The van der Waals surface area contributed by atoms with Crippen molar-refractivity contribution >= 4 is 32.5 Å². The Morgan fingerprint density at radius 1 is 1.06 bits per heavy atom. The number of aromatic nitrogens is 3. The Labute approximate surface area is 196 Å². The van der Waals surface area contributed by atoms with Crippen LogP contribution in [0.4, 0.5) is 0 Å². The Morgan fingerprint density at radius 2 is 1.94 bits per heavy atom. The lowest BCUT2D eigenvalue weighted by Crippen LogP contribution is -2.37. The maximum absolute atomic E-state index is 6.12. The lowest BCUT2D eigenvalue weighted by molar-refractivity contribution is 0.0357. The molecule has 5 rings (SSSR count). The predicted octanol–water partition coefficient (Wildman–Crippen LogP) is 4.45. The minimum Gasteiger partial charge on any atom is -0.493 e. The molecule has 1 aliphatic rings. The highest BCUT2D eigenvalue weighted by molar-refractivity contribution is 7.18. The molecule has 0 radical (unpaired) electrons. The first-order valence-corrected chi connectivity index (χ1v) is 11.8. The van der Waals surface area contributed by atoms with E-state index in [1.807, 2.05) is 37.3 Å². The number of methoxy groups -OCH3 is 1. The number of fused-ring (bicyclic) bond motifs is 2. The van der Waals surface area contributed by atoms with Crippen molar-refractivity contribution in [2.45, 2.75) is 13.3 Å². The molecular weight excluding hydrogens is 440 g/mol. The number of aryl methyl sites for hydroxylation is 1. The molecule has 3 heterocycles. The molecule has 1 fully saturated rings. The SMILES string of the molecule is COc1cc2c(Oc3ccc4sc(C)nc4c3)ncnc2cc1OCCCN1CCOCC1. The summed E-state index contributed by atoms with van der Waals surface area (Å²) in [6.07, 6.45) is 2.43. The van der Waals surface area contributed by atoms with E-state index in [1.165, 1.54) is 6.33 Å². The highest BCUT2D eigenvalue weighted by atomic mass is 32.1. The Hall–Kier alpha value is -3.01. The van der Waals surface area contributed by atoms with Gasteiger partial charge in [-0.05, 0) is 31.5 Å². The molecule has 0 aliphatic carbocycles. The van der Waals surface area contributed by atoms with E-state index >= 15 is 0 Å². The first kappa shape index (κ1) is 21.8. The molecule has 0 spiro atoms. The Balaban J connectivity index is 1.32. The molecule has 0 amide bonds. The predicted molar refractivity (Wildman–Crippen MR) is 128 cm³/mol. The van der Waals surface area contributed by atoms with Crippen LogP contribution in [0, 0.1) is 6.92 Å². The van der Waals surface area contributed by atoms with Crippen LogP contribution < -0.4 is 14.2 Å². The number of hydrogen-bond donors (Lipinski definition) is 0. The quantitative estimate of drug-likeness (QED) is 0.353. The second-order valence-corrected chi connectivity index (χ2v) is 9.05. The van der Waals surface area contributed by atoms with E-state index in [-0.39, 0.29) is 0 Å². The maximum atomic E-state index is 6.12. The average molecular weight is 467 g/mol. The molecule has 0 N–H and O–H groups in total. The van der Waals surface area contributed by atoms with Gasteiger partial charge in [0.05, 0.1) is 53.1 Å². The largest absolute Gasteiger partial charge is 0.493 e. The molecule has 172 valence electrons. The molecule has 4 aromatic rings. The second kappa shape index (κ2) is 9.86. The molecule has 33 heavy (non-hydrogen) atoms. The van der Waals surface area contributed by atoms with Crippen molar-refractivity contribution in [3.63, 3.8) is 0 Å². The fraction of sp³-hybridized carbons (Fsp3) is 0.375.